The molecule has 5 nitrogen and oxygen atoms in total. The van der Waals surface area contributed by atoms with Crippen molar-refractivity contribution in [1.82, 2.24) is 4.72 Å². The van der Waals surface area contributed by atoms with Crippen LogP contribution >= 0.6 is 0 Å². The number of phenolic OH excluding ortho intramolecular Hbond substituents is 1. The van der Waals surface area contributed by atoms with Gasteiger partial charge in [-0.3, -0.25) is 0 Å². The Hall–Kier alpha value is -2.05. The number of sulfonamides is 1. The minimum atomic E-state index is -3.62. The fourth-order valence-electron chi connectivity index (χ4n) is 2.17. The lowest BCUT2D eigenvalue weighted by Gasteiger charge is -2.20. The molecule has 0 aromatic heterocycles. The van der Waals surface area contributed by atoms with E-state index in [1.165, 1.54) is 19.2 Å². The molecule has 124 valence electrons. The highest BCUT2D eigenvalue weighted by Gasteiger charge is 2.22. The van der Waals surface area contributed by atoms with Gasteiger partial charge in [0.15, 0.2) is 0 Å². The molecular formula is C17H21NO4S. The van der Waals surface area contributed by atoms with Crippen LogP contribution in [0.5, 0.6) is 11.5 Å². The van der Waals surface area contributed by atoms with E-state index >= 15 is 0 Å². The quantitative estimate of drug-likeness (QED) is 0.900. The maximum atomic E-state index is 12.4. The number of methoxy groups -OCH3 is 1. The molecule has 0 aliphatic heterocycles. The summed E-state index contributed by atoms with van der Waals surface area (Å²) in [6.45, 7) is 5.36. The first kappa shape index (κ1) is 17.3. The summed E-state index contributed by atoms with van der Waals surface area (Å²) in [5, 5.41) is 9.76. The van der Waals surface area contributed by atoms with Crippen molar-refractivity contribution in [2.45, 2.75) is 31.2 Å². The molecule has 2 rings (SSSR count). The van der Waals surface area contributed by atoms with Gasteiger partial charge in [0.1, 0.15) is 11.5 Å². The predicted molar refractivity (Wildman–Crippen MR) is 90.2 cm³/mol. The number of phenols is 1. The van der Waals surface area contributed by atoms with Gasteiger partial charge < -0.3 is 9.84 Å². The largest absolute Gasteiger partial charge is 0.508 e. The van der Waals surface area contributed by atoms with Crippen LogP contribution in [0.25, 0.3) is 11.1 Å². The number of aromatic hydroxyl groups is 1. The monoisotopic (exact) mass is 335 g/mol. The van der Waals surface area contributed by atoms with Gasteiger partial charge >= 0.3 is 0 Å². The van der Waals surface area contributed by atoms with Crippen LogP contribution in [-0.2, 0) is 10.0 Å². The van der Waals surface area contributed by atoms with Crippen LogP contribution in [0.4, 0.5) is 0 Å². The fourth-order valence-corrected chi connectivity index (χ4v) is 3.64. The van der Waals surface area contributed by atoms with Crippen molar-refractivity contribution in [3.05, 3.63) is 42.5 Å². The van der Waals surface area contributed by atoms with E-state index in [9.17, 15) is 13.5 Å². The summed E-state index contributed by atoms with van der Waals surface area (Å²) in [7, 11) is -2.11. The summed E-state index contributed by atoms with van der Waals surface area (Å²) in [6.07, 6.45) is 0. The number of benzene rings is 2. The van der Waals surface area contributed by atoms with Crippen LogP contribution in [-0.4, -0.2) is 26.2 Å². The van der Waals surface area contributed by atoms with Crippen molar-refractivity contribution in [3.8, 4) is 22.6 Å². The second-order valence-electron chi connectivity index (χ2n) is 6.30. The summed E-state index contributed by atoms with van der Waals surface area (Å²) in [4.78, 5) is 0.173. The normalized spacial score (nSPS) is 12.2. The fraction of sp³-hybridized carbons (Fsp3) is 0.294. The Labute approximate surface area is 137 Å². The summed E-state index contributed by atoms with van der Waals surface area (Å²) in [6, 6.07) is 11.4. The topological polar surface area (TPSA) is 75.6 Å². The van der Waals surface area contributed by atoms with Gasteiger partial charge in [-0.05, 0) is 56.2 Å². The molecule has 0 aliphatic carbocycles. The Bertz CT molecular complexity index is 808. The molecule has 0 atom stereocenters. The zero-order valence-corrected chi connectivity index (χ0v) is 14.4. The molecule has 0 heterocycles. The van der Waals surface area contributed by atoms with E-state index < -0.39 is 15.6 Å². The Balaban J connectivity index is 2.47. The first-order valence-electron chi connectivity index (χ1n) is 7.13. The van der Waals surface area contributed by atoms with Crippen LogP contribution in [0.2, 0.25) is 0 Å². The molecule has 0 radical (unpaired) electrons. The van der Waals surface area contributed by atoms with Gasteiger partial charge in [-0.25, -0.2) is 13.1 Å². The highest BCUT2D eigenvalue weighted by molar-refractivity contribution is 7.89. The molecule has 0 fully saturated rings. The van der Waals surface area contributed by atoms with E-state index in [0.717, 1.165) is 0 Å². The lowest BCUT2D eigenvalue weighted by Crippen LogP contribution is -2.40. The number of hydrogen-bond donors (Lipinski definition) is 2. The van der Waals surface area contributed by atoms with Crippen LogP contribution < -0.4 is 9.46 Å². The van der Waals surface area contributed by atoms with E-state index in [2.05, 4.69) is 4.72 Å². The lowest BCUT2D eigenvalue weighted by molar-refractivity contribution is 0.408. The van der Waals surface area contributed by atoms with Crippen LogP contribution in [0.15, 0.2) is 47.4 Å². The van der Waals surface area contributed by atoms with Gasteiger partial charge in [0.05, 0.1) is 12.0 Å². The van der Waals surface area contributed by atoms with Crippen molar-refractivity contribution < 1.29 is 18.3 Å². The molecule has 0 aliphatic rings. The predicted octanol–water partition coefficient (Wildman–Crippen LogP) is 3.14. The molecule has 0 saturated carbocycles. The summed E-state index contributed by atoms with van der Waals surface area (Å²) in [5.74, 6) is 0.557. The molecule has 23 heavy (non-hydrogen) atoms. The number of rotatable bonds is 4. The third-order valence-electron chi connectivity index (χ3n) is 3.05. The molecule has 0 unspecified atom stereocenters. The van der Waals surface area contributed by atoms with Gasteiger partial charge in [-0.2, -0.15) is 0 Å². The zero-order chi connectivity index (χ0) is 17.3. The maximum Gasteiger partial charge on any atom is 0.241 e. The average Bonchev–Trinajstić information content (AvgIpc) is 2.44. The van der Waals surface area contributed by atoms with Gasteiger partial charge in [-0.15, -0.1) is 0 Å². The Kier molecular flexibility index (Phi) is 4.68. The van der Waals surface area contributed by atoms with E-state index in [1.807, 2.05) is 0 Å². The Morgan fingerprint density at radius 1 is 1.04 bits per heavy atom. The molecule has 0 spiro atoms. The van der Waals surface area contributed by atoms with Crippen LogP contribution in [0, 0.1) is 0 Å². The second-order valence-corrected chi connectivity index (χ2v) is 7.99. The molecule has 2 aromatic rings. The molecule has 0 amide bonds. The van der Waals surface area contributed by atoms with Crippen molar-refractivity contribution in [2.75, 3.05) is 7.11 Å². The van der Waals surface area contributed by atoms with E-state index in [0.29, 0.717) is 16.9 Å². The Morgan fingerprint density at radius 2 is 1.74 bits per heavy atom. The molecular weight excluding hydrogens is 314 g/mol. The van der Waals surface area contributed by atoms with E-state index in [4.69, 9.17) is 4.74 Å². The number of ether oxygens (including phenoxy) is 1. The second kappa shape index (κ2) is 6.22. The smallest absolute Gasteiger partial charge is 0.241 e. The molecule has 0 saturated heterocycles. The molecule has 2 N–H and O–H groups in total. The number of nitrogens with one attached hydrogen (secondary N) is 1. The summed E-state index contributed by atoms with van der Waals surface area (Å²) in [5.41, 5.74) is 0.786. The first-order chi connectivity index (χ1) is 10.6. The average molecular weight is 335 g/mol. The summed E-state index contributed by atoms with van der Waals surface area (Å²) < 4.78 is 32.6. The Morgan fingerprint density at radius 3 is 2.35 bits per heavy atom. The van der Waals surface area contributed by atoms with Gasteiger partial charge in [0.2, 0.25) is 10.0 Å². The minimum absolute atomic E-state index is 0.0560. The SMILES string of the molecule is COc1cc(O)cc(-c2cccc(S(=O)(=O)NC(C)(C)C)c2)c1. The van der Waals surface area contributed by atoms with Crippen LogP contribution in [0.3, 0.4) is 0 Å². The highest BCUT2D eigenvalue weighted by Crippen LogP contribution is 2.30. The lowest BCUT2D eigenvalue weighted by atomic mass is 10.1. The van der Waals surface area contributed by atoms with Gasteiger partial charge in [0, 0.05) is 11.6 Å². The summed E-state index contributed by atoms with van der Waals surface area (Å²) >= 11 is 0. The van der Waals surface area contributed by atoms with Crippen molar-refractivity contribution in [2.24, 2.45) is 0 Å². The molecule has 2 aromatic carbocycles. The first-order valence-corrected chi connectivity index (χ1v) is 8.61. The third-order valence-corrected chi connectivity index (χ3v) is 4.80. The van der Waals surface area contributed by atoms with Crippen molar-refractivity contribution >= 4 is 10.0 Å². The van der Waals surface area contributed by atoms with E-state index in [-0.39, 0.29) is 10.6 Å². The van der Waals surface area contributed by atoms with Crippen molar-refractivity contribution in [3.63, 3.8) is 0 Å². The molecule has 0 bridgehead atoms. The maximum absolute atomic E-state index is 12.4. The standard InChI is InChI=1S/C17H21NO4S/c1-17(2,3)18-23(20,21)16-7-5-6-12(10-16)13-8-14(19)11-15(9-13)22-4/h5-11,18-19H,1-4H3. The van der Waals surface area contributed by atoms with Gasteiger partial charge in [0.25, 0.3) is 0 Å². The highest BCUT2D eigenvalue weighted by atomic mass is 32.2. The number of hydrogen-bond acceptors (Lipinski definition) is 4. The van der Waals surface area contributed by atoms with Crippen molar-refractivity contribution in [1.29, 1.82) is 0 Å². The minimum Gasteiger partial charge on any atom is -0.508 e. The molecule has 6 heteroatoms. The van der Waals surface area contributed by atoms with E-state index in [1.54, 1.807) is 51.1 Å². The van der Waals surface area contributed by atoms with Gasteiger partial charge in [-0.1, -0.05) is 12.1 Å². The third kappa shape index (κ3) is 4.46. The zero-order valence-electron chi connectivity index (χ0n) is 13.6. The van der Waals surface area contributed by atoms with Crippen LogP contribution in [0.1, 0.15) is 20.8 Å².